The fourth-order valence-electron chi connectivity index (χ4n) is 1.70. The molecule has 0 radical (unpaired) electrons. The molecule has 88 valence electrons. The van der Waals surface area contributed by atoms with Crippen molar-refractivity contribution in [2.75, 3.05) is 0 Å². The number of benzene rings is 1. The summed E-state index contributed by atoms with van der Waals surface area (Å²) in [5, 5.41) is 11.4. The average Bonchev–Trinajstić information content (AvgIpc) is 2.78. The van der Waals surface area contributed by atoms with Crippen molar-refractivity contribution in [1.29, 1.82) is 5.41 Å². The second-order valence-electron chi connectivity index (χ2n) is 3.99. The summed E-state index contributed by atoms with van der Waals surface area (Å²) in [5.74, 6) is 0.237. The van der Waals surface area contributed by atoms with Gasteiger partial charge in [-0.05, 0) is 12.0 Å². The Bertz CT molecular complexity index is 487. The molecule has 0 saturated carbocycles. The first-order chi connectivity index (χ1) is 8.25. The van der Waals surface area contributed by atoms with E-state index in [1.165, 1.54) is 5.56 Å². The van der Waals surface area contributed by atoms with Crippen molar-refractivity contribution in [2.45, 2.75) is 19.4 Å². The van der Waals surface area contributed by atoms with Gasteiger partial charge >= 0.3 is 0 Å². The van der Waals surface area contributed by atoms with Crippen molar-refractivity contribution < 1.29 is 0 Å². The van der Waals surface area contributed by atoms with Gasteiger partial charge in [0.1, 0.15) is 0 Å². The molecule has 2 rings (SSSR count). The smallest absolute Gasteiger partial charge is 0.0905 e. The summed E-state index contributed by atoms with van der Waals surface area (Å²) in [6.07, 6.45) is 5.37. The number of hydrogen-bond donors (Lipinski definition) is 2. The van der Waals surface area contributed by atoms with Gasteiger partial charge < -0.3 is 5.73 Å². The summed E-state index contributed by atoms with van der Waals surface area (Å²) in [6.45, 7) is 0.798. The van der Waals surface area contributed by atoms with E-state index in [1.54, 1.807) is 0 Å². The minimum atomic E-state index is 0.237. The largest absolute Gasteiger partial charge is 0.388 e. The van der Waals surface area contributed by atoms with Gasteiger partial charge in [-0.15, -0.1) is 0 Å². The summed E-state index contributed by atoms with van der Waals surface area (Å²) in [5.41, 5.74) is 7.60. The van der Waals surface area contributed by atoms with E-state index < -0.39 is 0 Å². The normalized spacial score (nSPS) is 10.4. The SMILES string of the molecule is N=C(N)CCCn1cc(-c2ccccc2)cn1. The van der Waals surface area contributed by atoms with Crippen LogP contribution in [-0.2, 0) is 6.54 Å². The van der Waals surface area contributed by atoms with Crippen LogP contribution in [0.1, 0.15) is 12.8 Å². The molecule has 4 heteroatoms. The van der Waals surface area contributed by atoms with Crippen LogP contribution < -0.4 is 5.73 Å². The third-order valence-electron chi connectivity index (χ3n) is 2.57. The zero-order valence-electron chi connectivity index (χ0n) is 9.63. The molecule has 0 amide bonds. The molecule has 4 nitrogen and oxygen atoms in total. The number of amidine groups is 1. The van der Waals surface area contributed by atoms with Gasteiger partial charge in [0.05, 0.1) is 12.0 Å². The van der Waals surface area contributed by atoms with Gasteiger partial charge in [0.2, 0.25) is 0 Å². The highest BCUT2D eigenvalue weighted by Gasteiger charge is 2.01. The lowest BCUT2D eigenvalue weighted by atomic mass is 10.1. The van der Waals surface area contributed by atoms with Gasteiger partial charge in [0.15, 0.2) is 0 Å². The lowest BCUT2D eigenvalue weighted by molar-refractivity contribution is 0.588. The quantitative estimate of drug-likeness (QED) is 0.609. The Morgan fingerprint density at radius 2 is 2.00 bits per heavy atom. The first kappa shape index (κ1) is 11.4. The van der Waals surface area contributed by atoms with Crippen LogP contribution in [0.2, 0.25) is 0 Å². The molecule has 1 aromatic heterocycles. The van der Waals surface area contributed by atoms with Gasteiger partial charge in [-0.3, -0.25) is 10.1 Å². The van der Waals surface area contributed by atoms with Crippen molar-refractivity contribution in [3.63, 3.8) is 0 Å². The van der Waals surface area contributed by atoms with Crippen LogP contribution in [0.5, 0.6) is 0 Å². The van der Waals surface area contributed by atoms with Crippen LogP contribution in [0, 0.1) is 5.41 Å². The fourth-order valence-corrected chi connectivity index (χ4v) is 1.70. The predicted molar refractivity (Wildman–Crippen MR) is 68.8 cm³/mol. The van der Waals surface area contributed by atoms with Crippen molar-refractivity contribution in [2.24, 2.45) is 5.73 Å². The van der Waals surface area contributed by atoms with E-state index in [4.69, 9.17) is 11.1 Å². The van der Waals surface area contributed by atoms with E-state index in [0.717, 1.165) is 18.5 Å². The number of hydrogen-bond acceptors (Lipinski definition) is 2. The zero-order chi connectivity index (χ0) is 12.1. The molecular weight excluding hydrogens is 212 g/mol. The number of nitrogens with two attached hydrogens (primary N) is 1. The van der Waals surface area contributed by atoms with Crippen molar-refractivity contribution in [1.82, 2.24) is 9.78 Å². The van der Waals surface area contributed by atoms with E-state index in [9.17, 15) is 0 Å². The lowest BCUT2D eigenvalue weighted by Gasteiger charge is -2.00. The second kappa shape index (κ2) is 5.30. The molecule has 0 aliphatic rings. The molecule has 1 heterocycles. The van der Waals surface area contributed by atoms with Crippen LogP contribution in [0.25, 0.3) is 11.1 Å². The molecule has 3 N–H and O–H groups in total. The van der Waals surface area contributed by atoms with Gasteiger partial charge in [-0.1, -0.05) is 30.3 Å². The average molecular weight is 228 g/mol. The predicted octanol–water partition coefficient (Wildman–Crippen LogP) is 2.27. The maximum atomic E-state index is 7.15. The molecule has 0 aliphatic carbocycles. The molecule has 0 unspecified atom stereocenters. The molecule has 0 spiro atoms. The fraction of sp³-hybridized carbons (Fsp3) is 0.231. The summed E-state index contributed by atoms with van der Waals surface area (Å²) in [7, 11) is 0. The number of nitrogens with one attached hydrogen (secondary N) is 1. The molecule has 0 fully saturated rings. The molecule has 0 saturated heterocycles. The Labute approximate surface area is 101 Å². The van der Waals surface area contributed by atoms with Crippen molar-refractivity contribution in [3.05, 3.63) is 42.7 Å². The molecule has 2 aromatic rings. The minimum Gasteiger partial charge on any atom is -0.388 e. The maximum Gasteiger partial charge on any atom is 0.0905 e. The Hall–Kier alpha value is -2.10. The summed E-state index contributed by atoms with van der Waals surface area (Å²) < 4.78 is 1.89. The van der Waals surface area contributed by atoms with Crippen LogP contribution in [-0.4, -0.2) is 15.6 Å². The molecule has 0 atom stereocenters. The molecule has 17 heavy (non-hydrogen) atoms. The van der Waals surface area contributed by atoms with E-state index in [0.29, 0.717) is 6.42 Å². The second-order valence-corrected chi connectivity index (χ2v) is 3.99. The summed E-state index contributed by atoms with van der Waals surface area (Å²) in [6, 6.07) is 10.2. The number of nitrogens with zero attached hydrogens (tertiary/aromatic N) is 2. The Morgan fingerprint density at radius 1 is 1.24 bits per heavy atom. The van der Waals surface area contributed by atoms with Gasteiger partial charge in [0, 0.05) is 24.7 Å². The van der Waals surface area contributed by atoms with Crippen LogP contribution in [0.15, 0.2) is 42.7 Å². The standard InChI is InChI=1S/C13H16N4/c14-13(15)7-4-8-17-10-12(9-16-17)11-5-2-1-3-6-11/h1-3,5-6,9-10H,4,7-8H2,(H3,14,15). The highest BCUT2D eigenvalue weighted by atomic mass is 15.3. The monoisotopic (exact) mass is 228 g/mol. The van der Waals surface area contributed by atoms with Crippen molar-refractivity contribution in [3.8, 4) is 11.1 Å². The number of aromatic nitrogens is 2. The maximum absolute atomic E-state index is 7.15. The Balaban J connectivity index is 1.99. The van der Waals surface area contributed by atoms with E-state index >= 15 is 0 Å². The third kappa shape index (κ3) is 3.17. The van der Waals surface area contributed by atoms with E-state index in [1.807, 2.05) is 35.3 Å². The highest BCUT2D eigenvalue weighted by Crippen LogP contribution is 2.17. The van der Waals surface area contributed by atoms with Gasteiger partial charge in [0.25, 0.3) is 0 Å². The number of aryl methyl sites for hydroxylation is 1. The molecule has 1 aromatic carbocycles. The topological polar surface area (TPSA) is 67.7 Å². The zero-order valence-corrected chi connectivity index (χ0v) is 9.63. The van der Waals surface area contributed by atoms with Crippen LogP contribution >= 0.6 is 0 Å². The first-order valence-electron chi connectivity index (χ1n) is 5.66. The molecular formula is C13H16N4. The van der Waals surface area contributed by atoms with E-state index in [2.05, 4.69) is 17.2 Å². The number of rotatable bonds is 5. The van der Waals surface area contributed by atoms with Crippen LogP contribution in [0.4, 0.5) is 0 Å². The first-order valence-corrected chi connectivity index (χ1v) is 5.66. The third-order valence-corrected chi connectivity index (χ3v) is 2.57. The highest BCUT2D eigenvalue weighted by molar-refractivity contribution is 5.76. The summed E-state index contributed by atoms with van der Waals surface area (Å²) >= 11 is 0. The van der Waals surface area contributed by atoms with Crippen molar-refractivity contribution >= 4 is 5.84 Å². The molecule has 0 aliphatic heterocycles. The van der Waals surface area contributed by atoms with E-state index in [-0.39, 0.29) is 5.84 Å². The Morgan fingerprint density at radius 3 is 2.71 bits per heavy atom. The Kier molecular flexibility index (Phi) is 3.55. The van der Waals surface area contributed by atoms with Crippen LogP contribution in [0.3, 0.4) is 0 Å². The van der Waals surface area contributed by atoms with Gasteiger partial charge in [-0.25, -0.2) is 0 Å². The van der Waals surface area contributed by atoms with Gasteiger partial charge in [-0.2, -0.15) is 5.10 Å². The minimum absolute atomic E-state index is 0.237. The molecule has 0 bridgehead atoms. The lowest BCUT2D eigenvalue weighted by Crippen LogP contribution is -2.10. The summed E-state index contributed by atoms with van der Waals surface area (Å²) in [4.78, 5) is 0.